The molecule has 6 nitrogen and oxygen atoms in total. The van der Waals surface area contributed by atoms with Crippen molar-refractivity contribution in [2.24, 2.45) is 5.14 Å². The van der Waals surface area contributed by atoms with Gasteiger partial charge in [-0.25, -0.2) is 13.6 Å². The topological polar surface area (TPSA) is 103 Å². The minimum absolute atomic E-state index is 0.0853. The third kappa shape index (κ3) is 2.33. The van der Waals surface area contributed by atoms with Crippen molar-refractivity contribution in [3.63, 3.8) is 0 Å². The van der Waals surface area contributed by atoms with E-state index < -0.39 is 25.5 Å². The first kappa shape index (κ1) is 12.1. The van der Waals surface area contributed by atoms with E-state index in [0.717, 1.165) is 0 Å². The van der Waals surface area contributed by atoms with Crippen molar-refractivity contribution >= 4 is 31.6 Å². The summed E-state index contributed by atoms with van der Waals surface area (Å²) in [4.78, 5) is 9.46. The van der Waals surface area contributed by atoms with E-state index in [1.165, 1.54) is 19.1 Å². The molecule has 0 fully saturated rings. The van der Waals surface area contributed by atoms with Crippen LogP contribution in [0.2, 0.25) is 0 Å². The van der Waals surface area contributed by atoms with E-state index in [1.54, 1.807) is 0 Å². The average Bonchev–Trinajstić information content (AvgIpc) is 2.05. The molecule has 0 heterocycles. The molecular weight excluding hydrogens is 288 g/mol. The molecule has 0 spiro atoms. The highest BCUT2D eigenvalue weighted by atomic mass is 79.9. The number of nitrogens with zero attached hydrogens (tertiary/aromatic N) is 1. The molecule has 15 heavy (non-hydrogen) atoms. The number of nitro benzene ring substituents is 1. The molecule has 1 rings (SSSR count). The molecule has 1 aromatic rings. The zero-order valence-electron chi connectivity index (χ0n) is 7.60. The maximum Gasteiger partial charge on any atom is 0.303 e. The van der Waals surface area contributed by atoms with Gasteiger partial charge in [-0.3, -0.25) is 10.1 Å². The van der Waals surface area contributed by atoms with Crippen molar-refractivity contribution in [2.75, 3.05) is 0 Å². The van der Waals surface area contributed by atoms with Gasteiger partial charge < -0.3 is 0 Å². The highest BCUT2D eigenvalue weighted by Crippen LogP contribution is 2.33. The highest BCUT2D eigenvalue weighted by Gasteiger charge is 2.27. The van der Waals surface area contributed by atoms with Crippen LogP contribution >= 0.6 is 15.9 Å². The molecule has 82 valence electrons. The average molecular weight is 295 g/mol. The standard InChI is InChI=1S/C7H7BrN2O4S/c1-4-2-3-5(8)6(10(11)12)7(4)15(9,13)14/h2-3H,1H3,(H2,9,13,14). The van der Waals surface area contributed by atoms with Crippen LogP contribution in [-0.4, -0.2) is 13.3 Å². The van der Waals surface area contributed by atoms with Gasteiger partial charge >= 0.3 is 5.69 Å². The van der Waals surface area contributed by atoms with Gasteiger partial charge in [0, 0.05) is 0 Å². The van der Waals surface area contributed by atoms with Crippen molar-refractivity contribution < 1.29 is 13.3 Å². The molecule has 0 bridgehead atoms. The Kier molecular flexibility index (Phi) is 3.12. The molecule has 0 unspecified atom stereocenters. The lowest BCUT2D eigenvalue weighted by atomic mass is 10.2. The second-order valence-corrected chi connectivity index (χ2v) is 5.20. The van der Waals surface area contributed by atoms with Crippen molar-refractivity contribution in [3.8, 4) is 0 Å². The summed E-state index contributed by atoms with van der Waals surface area (Å²) < 4.78 is 22.5. The Balaban J connectivity index is 3.76. The first-order valence-electron chi connectivity index (χ1n) is 3.71. The molecule has 0 saturated heterocycles. The highest BCUT2D eigenvalue weighted by molar-refractivity contribution is 9.10. The first-order valence-corrected chi connectivity index (χ1v) is 6.05. The van der Waals surface area contributed by atoms with Gasteiger partial charge in [-0.05, 0) is 34.5 Å². The fourth-order valence-electron chi connectivity index (χ4n) is 1.18. The molecule has 0 saturated carbocycles. The smallest absolute Gasteiger partial charge is 0.258 e. The van der Waals surface area contributed by atoms with Crippen LogP contribution in [0, 0.1) is 17.0 Å². The van der Waals surface area contributed by atoms with Crippen molar-refractivity contribution in [1.29, 1.82) is 0 Å². The molecule has 1 aromatic carbocycles. The van der Waals surface area contributed by atoms with Crippen LogP contribution in [0.1, 0.15) is 5.56 Å². The number of nitrogens with two attached hydrogens (primary N) is 1. The number of aryl methyl sites for hydroxylation is 1. The Morgan fingerprint density at radius 1 is 1.47 bits per heavy atom. The summed E-state index contributed by atoms with van der Waals surface area (Å²) in [5.41, 5.74) is -0.287. The Bertz CT molecular complexity index is 526. The quantitative estimate of drug-likeness (QED) is 0.656. The normalized spacial score (nSPS) is 11.4. The number of hydrogen-bond donors (Lipinski definition) is 1. The molecule has 0 radical (unpaired) electrons. The van der Waals surface area contributed by atoms with Crippen LogP contribution in [-0.2, 0) is 10.0 Å². The molecule has 0 aliphatic carbocycles. The summed E-state index contributed by atoms with van der Waals surface area (Å²) in [5, 5.41) is 15.6. The number of benzene rings is 1. The molecule has 8 heteroatoms. The van der Waals surface area contributed by atoms with Gasteiger partial charge in [0.15, 0.2) is 4.90 Å². The molecule has 0 amide bonds. The van der Waals surface area contributed by atoms with E-state index >= 15 is 0 Å². The van der Waals surface area contributed by atoms with Gasteiger partial charge in [0.1, 0.15) is 0 Å². The zero-order chi connectivity index (χ0) is 11.8. The van der Waals surface area contributed by atoms with Gasteiger partial charge in [0.05, 0.1) is 9.40 Å². The Hall–Kier alpha value is -0.990. The number of primary sulfonamides is 1. The van der Waals surface area contributed by atoms with Crippen LogP contribution < -0.4 is 5.14 Å². The maximum atomic E-state index is 11.2. The lowest BCUT2D eigenvalue weighted by Gasteiger charge is -2.05. The van der Waals surface area contributed by atoms with Crippen LogP contribution in [0.15, 0.2) is 21.5 Å². The maximum absolute atomic E-state index is 11.2. The Morgan fingerprint density at radius 3 is 2.33 bits per heavy atom. The van der Waals surface area contributed by atoms with Gasteiger partial charge in [0.2, 0.25) is 10.0 Å². The van der Waals surface area contributed by atoms with E-state index in [1.807, 2.05) is 0 Å². The minimum Gasteiger partial charge on any atom is -0.258 e. The van der Waals surface area contributed by atoms with Crippen LogP contribution in [0.5, 0.6) is 0 Å². The largest absolute Gasteiger partial charge is 0.303 e. The van der Waals surface area contributed by atoms with Gasteiger partial charge in [-0.1, -0.05) is 6.07 Å². The summed E-state index contributed by atoms with van der Waals surface area (Å²) in [6, 6.07) is 2.85. The number of rotatable bonds is 2. The van der Waals surface area contributed by atoms with E-state index in [-0.39, 0.29) is 10.0 Å². The summed E-state index contributed by atoms with van der Waals surface area (Å²) >= 11 is 2.91. The number of sulfonamides is 1. The van der Waals surface area contributed by atoms with Crippen molar-refractivity contribution in [1.82, 2.24) is 0 Å². The second kappa shape index (κ2) is 3.87. The summed E-state index contributed by atoms with van der Waals surface area (Å²) in [6.45, 7) is 1.44. The SMILES string of the molecule is Cc1ccc(Br)c([N+](=O)[O-])c1S(N)(=O)=O. The van der Waals surface area contributed by atoms with Crippen molar-refractivity contribution in [2.45, 2.75) is 11.8 Å². The van der Waals surface area contributed by atoms with Gasteiger partial charge in [-0.15, -0.1) is 0 Å². The fourth-order valence-corrected chi connectivity index (χ4v) is 2.75. The Labute approximate surface area is 94.4 Å². The molecule has 0 aliphatic rings. The Morgan fingerprint density at radius 2 is 2.00 bits per heavy atom. The molecule has 0 atom stereocenters. The predicted molar refractivity (Wildman–Crippen MR) is 56.9 cm³/mol. The first-order chi connectivity index (χ1) is 6.75. The van der Waals surface area contributed by atoms with E-state index in [2.05, 4.69) is 15.9 Å². The fraction of sp³-hybridized carbons (Fsp3) is 0.143. The van der Waals surface area contributed by atoms with Crippen molar-refractivity contribution in [3.05, 3.63) is 32.3 Å². The lowest BCUT2D eigenvalue weighted by Crippen LogP contribution is -2.16. The zero-order valence-corrected chi connectivity index (χ0v) is 10.0. The molecule has 2 N–H and O–H groups in total. The second-order valence-electron chi connectivity index (χ2n) is 2.84. The third-order valence-corrected chi connectivity index (χ3v) is 3.47. The van der Waals surface area contributed by atoms with Gasteiger partial charge in [-0.2, -0.15) is 0 Å². The molecule has 0 aliphatic heterocycles. The molecule has 0 aromatic heterocycles. The number of hydrogen-bond acceptors (Lipinski definition) is 4. The monoisotopic (exact) mass is 294 g/mol. The summed E-state index contributed by atoms with van der Waals surface area (Å²) in [5.74, 6) is 0. The molecular formula is C7H7BrN2O4S. The van der Waals surface area contributed by atoms with E-state index in [0.29, 0.717) is 0 Å². The lowest BCUT2D eigenvalue weighted by molar-refractivity contribution is -0.388. The van der Waals surface area contributed by atoms with E-state index in [9.17, 15) is 18.5 Å². The van der Waals surface area contributed by atoms with Crippen LogP contribution in [0.25, 0.3) is 0 Å². The number of halogens is 1. The van der Waals surface area contributed by atoms with Crippen LogP contribution in [0.3, 0.4) is 0 Å². The summed E-state index contributed by atoms with van der Waals surface area (Å²) in [6.07, 6.45) is 0. The van der Waals surface area contributed by atoms with Crippen LogP contribution in [0.4, 0.5) is 5.69 Å². The van der Waals surface area contributed by atoms with Gasteiger partial charge in [0.25, 0.3) is 0 Å². The third-order valence-electron chi connectivity index (χ3n) is 1.75. The van der Waals surface area contributed by atoms with E-state index in [4.69, 9.17) is 5.14 Å². The summed E-state index contributed by atoms with van der Waals surface area (Å²) in [7, 11) is -4.10. The minimum atomic E-state index is -4.10. The number of nitro groups is 1. The predicted octanol–water partition coefficient (Wildman–Crippen LogP) is 1.31.